The van der Waals surface area contributed by atoms with Gasteiger partial charge in [0, 0.05) is 43.1 Å². The molecule has 0 radical (unpaired) electrons. The van der Waals surface area contributed by atoms with Gasteiger partial charge < -0.3 is 15.5 Å². The summed E-state index contributed by atoms with van der Waals surface area (Å²) in [5, 5.41) is 7.22. The Labute approximate surface area is 123 Å². The third-order valence-corrected chi connectivity index (χ3v) is 4.26. The fraction of sp³-hybridized carbons (Fsp3) is 0.647. The highest BCUT2D eigenvalue weighted by Gasteiger charge is 2.17. The Morgan fingerprint density at radius 1 is 1.15 bits per heavy atom. The van der Waals surface area contributed by atoms with Crippen LogP contribution in [0.25, 0.3) is 0 Å². The normalized spacial score (nSPS) is 22.6. The summed E-state index contributed by atoms with van der Waals surface area (Å²) >= 11 is 0. The van der Waals surface area contributed by atoms with Crippen molar-refractivity contribution in [3.8, 4) is 0 Å². The zero-order valence-corrected chi connectivity index (χ0v) is 13.2. The van der Waals surface area contributed by atoms with E-state index < -0.39 is 0 Å². The van der Waals surface area contributed by atoms with Crippen LogP contribution in [-0.2, 0) is 0 Å². The van der Waals surface area contributed by atoms with Crippen LogP contribution in [0.2, 0.25) is 0 Å². The van der Waals surface area contributed by atoms with Gasteiger partial charge in [0.15, 0.2) is 0 Å². The van der Waals surface area contributed by atoms with Crippen LogP contribution >= 0.6 is 0 Å². The summed E-state index contributed by atoms with van der Waals surface area (Å²) in [6.07, 6.45) is 3.95. The van der Waals surface area contributed by atoms with Crippen LogP contribution in [0.4, 0.5) is 11.4 Å². The van der Waals surface area contributed by atoms with Crippen LogP contribution in [0.5, 0.6) is 0 Å². The van der Waals surface area contributed by atoms with E-state index in [0.29, 0.717) is 12.1 Å². The molecule has 2 atom stereocenters. The number of hydrogen-bond acceptors (Lipinski definition) is 3. The summed E-state index contributed by atoms with van der Waals surface area (Å²) in [7, 11) is 0. The Hall–Kier alpha value is -1.22. The molecule has 0 saturated carbocycles. The van der Waals surface area contributed by atoms with Crippen LogP contribution in [0.3, 0.4) is 0 Å². The first-order valence-electron chi connectivity index (χ1n) is 8.07. The van der Waals surface area contributed by atoms with Crippen LogP contribution in [-0.4, -0.2) is 31.7 Å². The molecule has 112 valence electrons. The fourth-order valence-corrected chi connectivity index (χ4v) is 3.02. The largest absolute Gasteiger partial charge is 0.383 e. The predicted octanol–water partition coefficient (Wildman–Crippen LogP) is 3.48. The number of benzene rings is 1. The van der Waals surface area contributed by atoms with Gasteiger partial charge in [0.05, 0.1) is 0 Å². The first kappa shape index (κ1) is 15.2. The van der Waals surface area contributed by atoms with Gasteiger partial charge in [-0.15, -0.1) is 0 Å². The Balaban J connectivity index is 1.84. The fourth-order valence-electron chi connectivity index (χ4n) is 3.02. The average molecular weight is 275 g/mol. The van der Waals surface area contributed by atoms with Gasteiger partial charge in [-0.3, -0.25) is 0 Å². The lowest BCUT2D eigenvalue weighted by Gasteiger charge is -2.29. The van der Waals surface area contributed by atoms with Crippen molar-refractivity contribution in [1.29, 1.82) is 0 Å². The van der Waals surface area contributed by atoms with E-state index in [1.807, 2.05) is 0 Å². The predicted molar refractivity (Wildman–Crippen MR) is 88.7 cm³/mol. The molecule has 3 nitrogen and oxygen atoms in total. The Morgan fingerprint density at radius 3 is 2.45 bits per heavy atom. The molecule has 3 heteroatoms. The quantitative estimate of drug-likeness (QED) is 0.832. The molecule has 0 aliphatic carbocycles. The molecule has 2 N–H and O–H groups in total. The van der Waals surface area contributed by atoms with E-state index in [2.05, 4.69) is 60.6 Å². The van der Waals surface area contributed by atoms with Crippen LogP contribution in [0, 0.1) is 0 Å². The van der Waals surface area contributed by atoms with E-state index >= 15 is 0 Å². The first-order valence-corrected chi connectivity index (χ1v) is 8.07. The van der Waals surface area contributed by atoms with Crippen LogP contribution < -0.4 is 15.5 Å². The lowest BCUT2D eigenvalue weighted by Crippen LogP contribution is -2.44. The minimum atomic E-state index is 0.612. The maximum absolute atomic E-state index is 3.66. The highest BCUT2D eigenvalue weighted by molar-refractivity contribution is 5.55. The van der Waals surface area contributed by atoms with E-state index in [-0.39, 0.29) is 0 Å². The summed E-state index contributed by atoms with van der Waals surface area (Å²) in [5.74, 6) is 0. The second-order valence-electron chi connectivity index (χ2n) is 5.80. The third kappa shape index (κ3) is 4.14. The topological polar surface area (TPSA) is 27.3 Å². The number of hydrogen-bond donors (Lipinski definition) is 2. The SMILES string of the molecule is CCN(CC)c1ccc(NCC2CCCC(C)N2)cc1. The van der Waals surface area contributed by atoms with Gasteiger partial charge in [-0.25, -0.2) is 0 Å². The summed E-state index contributed by atoms with van der Waals surface area (Å²) in [4.78, 5) is 2.37. The highest BCUT2D eigenvalue weighted by atomic mass is 15.1. The van der Waals surface area contributed by atoms with Crippen molar-refractivity contribution in [2.45, 2.75) is 52.1 Å². The first-order chi connectivity index (χ1) is 9.72. The van der Waals surface area contributed by atoms with Gasteiger partial charge in [-0.1, -0.05) is 6.42 Å². The van der Waals surface area contributed by atoms with E-state index in [1.54, 1.807) is 0 Å². The Bertz CT molecular complexity index is 384. The molecule has 1 aromatic carbocycles. The van der Waals surface area contributed by atoms with Gasteiger partial charge in [0.2, 0.25) is 0 Å². The number of nitrogens with one attached hydrogen (secondary N) is 2. The molecule has 2 unspecified atom stereocenters. The van der Waals surface area contributed by atoms with Gasteiger partial charge in [-0.05, 0) is 57.9 Å². The van der Waals surface area contributed by atoms with Gasteiger partial charge >= 0.3 is 0 Å². The maximum Gasteiger partial charge on any atom is 0.0367 e. The van der Waals surface area contributed by atoms with Gasteiger partial charge in [0.25, 0.3) is 0 Å². The van der Waals surface area contributed by atoms with Gasteiger partial charge in [-0.2, -0.15) is 0 Å². The number of rotatable bonds is 6. The lowest BCUT2D eigenvalue weighted by atomic mass is 9.99. The zero-order valence-electron chi connectivity index (χ0n) is 13.2. The molecule has 1 aliphatic rings. The third-order valence-electron chi connectivity index (χ3n) is 4.26. The molecule has 1 aliphatic heterocycles. The maximum atomic E-state index is 3.66. The molecular weight excluding hydrogens is 246 g/mol. The molecule has 20 heavy (non-hydrogen) atoms. The van der Waals surface area contributed by atoms with Gasteiger partial charge in [0.1, 0.15) is 0 Å². The average Bonchev–Trinajstić information content (AvgIpc) is 2.48. The lowest BCUT2D eigenvalue weighted by molar-refractivity contribution is 0.345. The minimum Gasteiger partial charge on any atom is -0.383 e. The summed E-state index contributed by atoms with van der Waals surface area (Å²) < 4.78 is 0. The highest BCUT2D eigenvalue weighted by Crippen LogP contribution is 2.18. The van der Waals surface area contributed by atoms with Crippen molar-refractivity contribution >= 4 is 11.4 Å². The zero-order chi connectivity index (χ0) is 14.4. The molecule has 1 aromatic rings. The molecule has 2 rings (SSSR count). The molecular formula is C17H29N3. The van der Waals surface area contributed by atoms with Crippen molar-refractivity contribution in [3.63, 3.8) is 0 Å². The van der Waals surface area contributed by atoms with Crippen molar-refractivity contribution in [2.75, 3.05) is 29.9 Å². The molecule has 0 bridgehead atoms. The monoisotopic (exact) mass is 275 g/mol. The summed E-state index contributed by atoms with van der Waals surface area (Å²) in [6.45, 7) is 9.83. The number of piperidine rings is 1. The van der Waals surface area contributed by atoms with Crippen molar-refractivity contribution in [2.24, 2.45) is 0 Å². The number of anilines is 2. The van der Waals surface area contributed by atoms with E-state index in [1.165, 1.54) is 30.6 Å². The molecule has 1 heterocycles. The van der Waals surface area contributed by atoms with Crippen molar-refractivity contribution < 1.29 is 0 Å². The Morgan fingerprint density at radius 2 is 1.85 bits per heavy atom. The van der Waals surface area contributed by atoms with Crippen molar-refractivity contribution in [3.05, 3.63) is 24.3 Å². The molecule has 0 aromatic heterocycles. The van der Waals surface area contributed by atoms with Crippen LogP contribution in [0.1, 0.15) is 40.0 Å². The minimum absolute atomic E-state index is 0.612. The molecule has 0 spiro atoms. The van der Waals surface area contributed by atoms with E-state index in [0.717, 1.165) is 19.6 Å². The summed E-state index contributed by atoms with van der Waals surface area (Å²) in [6, 6.07) is 10.1. The molecule has 1 fully saturated rings. The number of nitrogens with zero attached hydrogens (tertiary/aromatic N) is 1. The Kier molecular flexibility index (Phi) is 5.72. The smallest absolute Gasteiger partial charge is 0.0367 e. The van der Waals surface area contributed by atoms with Crippen LogP contribution in [0.15, 0.2) is 24.3 Å². The molecule has 0 amide bonds. The second-order valence-corrected chi connectivity index (χ2v) is 5.80. The molecule has 1 saturated heterocycles. The van der Waals surface area contributed by atoms with Crippen molar-refractivity contribution in [1.82, 2.24) is 5.32 Å². The van der Waals surface area contributed by atoms with E-state index in [9.17, 15) is 0 Å². The van der Waals surface area contributed by atoms with E-state index in [4.69, 9.17) is 0 Å². The standard InChI is InChI=1S/C17H29N3/c1-4-20(5-2)17-11-9-15(10-12-17)18-13-16-8-6-7-14(3)19-16/h9-12,14,16,18-19H,4-8,13H2,1-3H3. The second kappa shape index (κ2) is 7.53. The summed E-state index contributed by atoms with van der Waals surface area (Å²) in [5.41, 5.74) is 2.53.